The summed E-state index contributed by atoms with van der Waals surface area (Å²) in [6.45, 7) is 0. The van der Waals surface area contributed by atoms with Gasteiger partial charge in [-0.1, -0.05) is 0 Å². The molecule has 0 saturated carbocycles. The molecule has 0 radical (unpaired) electrons. The predicted octanol–water partition coefficient (Wildman–Crippen LogP) is 1.99. The van der Waals surface area contributed by atoms with E-state index in [-0.39, 0.29) is 6.03 Å². The molecule has 0 bridgehead atoms. The van der Waals surface area contributed by atoms with Crippen molar-refractivity contribution in [2.24, 2.45) is 0 Å². The maximum atomic E-state index is 11.2. The van der Waals surface area contributed by atoms with Crippen molar-refractivity contribution >= 4 is 22.6 Å². The summed E-state index contributed by atoms with van der Waals surface area (Å²) < 4.78 is 0. The normalized spacial score (nSPS) is 9.88. The molecule has 0 saturated heterocycles. The third-order valence-electron chi connectivity index (χ3n) is 2.52. The molecule has 2 rings (SSSR count). The highest BCUT2D eigenvalue weighted by atomic mass is 16.2. The highest BCUT2D eigenvalue weighted by Gasteiger charge is 2.05. The van der Waals surface area contributed by atoms with Gasteiger partial charge in [0.05, 0.1) is 12.5 Å². The van der Waals surface area contributed by atoms with Gasteiger partial charge in [0.1, 0.15) is 0 Å². The lowest BCUT2D eigenvalue weighted by Gasteiger charge is -2.04. The Hall–Kier alpha value is -2.48. The number of hydrogen-bond donors (Lipinski definition) is 3. The molecule has 1 aromatic carbocycles. The number of aromatic nitrogens is 1. The number of carbonyl (C=O) groups excluding carboxylic acids is 1. The first-order valence-electron chi connectivity index (χ1n) is 5.20. The Balaban J connectivity index is 2.38. The van der Waals surface area contributed by atoms with Gasteiger partial charge in [-0.15, -0.1) is 0 Å². The third kappa shape index (κ3) is 2.21. The van der Waals surface area contributed by atoms with Gasteiger partial charge < -0.3 is 15.6 Å². The van der Waals surface area contributed by atoms with Crippen LogP contribution >= 0.6 is 0 Å². The molecule has 0 aliphatic heterocycles. The summed E-state index contributed by atoms with van der Waals surface area (Å²) in [6.07, 6.45) is 2.17. The van der Waals surface area contributed by atoms with E-state index in [1.165, 1.54) is 0 Å². The lowest BCUT2D eigenvalue weighted by atomic mass is 10.1. The molecule has 0 atom stereocenters. The minimum absolute atomic E-state index is 0.262. The van der Waals surface area contributed by atoms with Crippen molar-refractivity contribution in [3.05, 3.63) is 30.0 Å². The molecule has 2 aromatic rings. The van der Waals surface area contributed by atoms with Crippen molar-refractivity contribution in [2.75, 3.05) is 12.4 Å². The summed E-state index contributed by atoms with van der Waals surface area (Å²) in [6, 6.07) is 7.39. The molecule has 2 amide bonds. The number of aromatic amines is 1. The van der Waals surface area contributed by atoms with Crippen LogP contribution in [0.4, 0.5) is 10.5 Å². The van der Waals surface area contributed by atoms with Crippen molar-refractivity contribution in [3.63, 3.8) is 0 Å². The van der Waals surface area contributed by atoms with Crippen LogP contribution in [-0.2, 0) is 6.42 Å². The number of nitriles is 1. The number of urea groups is 1. The topological polar surface area (TPSA) is 80.7 Å². The summed E-state index contributed by atoms with van der Waals surface area (Å²) >= 11 is 0. The molecule has 1 aromatic heterocycles. The van der Waals surface area contributed by atoms with E-state index in [0.29, 0.717) is 12.1 Å². The SMILES string of the molecule is CNC(=O)Nc1ccc2[nH]cc(CC#N)c2c1. The molecule has 0 aliphatic rings. The van der Waals surface area contributed by atoms with E-state index in [2.05, 4.69) is 21.7 Å². The van der Waals surface area contributed by atoms with Crippen LogP contribution in [0.25, 0.3) is 10.9 Å². The Morgan fingerprint density at radius 1 is 1.53 bits per heavy atom. The molecule has 0 fully saturated rings. The number of nitrogens with one attached hydrogen (secondary N) is 3. The molecular weight excluding hydrogens is 216 g/mol. The molecule has 5 nitrogen and oxygen atoms in total. The summed E-state index contributed by atoms with van der Waals surface area (Å²) in [7, 11) is 1.56. The van der Waals surface area contributed by atoms with Gasteiger partial charge in [-0.2, -0.15) is 5.26 Å². The number of carbonyl (C=O) groups is 1. The van der Waals surface area contributed by atoms with Crippen molar-refractivity contribution in [1.29, 1.82) is 5.26 Å². The van der Waals surface area contributed by atoms with E-state index in [9.17, 15) is 4.79 Å². The summed E-state index contributed by atoms with van der Waals surface area (Å²) in [5.74, 6) is 0. The number of amides is 2. The number of fused-ring (bicyclic) bond motifs is 1. The number of anilines is 1. The van der Waals surface area contributed by atoms with Gasteiger partial charge in [0, 0.05) is 29.8 Å². The first-order valence-corrected chi connectivity index (χ1v) is 5.20. The molecule has 3 N–H and O–H groups in total. The number of benzene rings is 1. The zero-order valence-corrected chi connectivity index (χ0v) is 9.37. The summed E-state index contributed by atoms with van der Waals surface area (Å²) in [5.41, 5.74) is 2.59. The second kappa shape index (κ2) is 4.58. The monoisotopic (exact) mass is 228 g/mol. The van der Waals surface area contributed by atoms with Crippen LogP contribution in [0.1, 0.15) is 5.56 Å². The van der Waals surface area contributed by atoms with Gasteiger partial charge in [0.15, 0.2) is 0 Å². The summed E-state index contributed by atoms with van der Waals surface area (Å²) in [4.78, 5) is 14.3. The fourth-order valence-corrected chi connectivity index (χ4v) is 1.68. The Bertz CT molecular complexity index is 594. The van der Waals surface area contributed by atoms with E-state index in [1.54, 1.807) is 7.05 Å². The minimum atomic E-state index is -0.262. The third-order valence-corrected chi connectivity index (χ3v) is 2.52. The van der Waals surface area contributed by atoms with Gasteiger partial charge in [-0.05, 0) is 23.8 Å². The maximum absolute atomic E-state index is 11.2. The van der Waals surface area contributed by atoms with E-state index >= 15 is 0 Å². The van der Waals surface area contributed by atoms with Crippen molar-refractivity contribution in [3.8, 4) is 6.07 Å². The Morgan fingerprint density at radius 3 is 3.06 bits per heavy atom. The van der Waals surface area contributed by atoms with Crippen LogP contribution in [0.3, 0.4) is 0 Å². The number of H-pyrrole nitrogens is 1. The number of nitrogens with zero attached hydrogens (tertiary/aromatic N) is 1. The van der Waals surface area contributed by atoms with Gasteiger partial charge in [0.25, 0.3) is 0 Å². The summed E-state index contributed by atoms with van der Waals surface area (Å²) in [5, 5.41) is 14.8. The van der Waals surface area contributed by atoms with Gasteiger partial charge >= 0.3 is 6.03 Å². The van der Waals surface area contributed by atoms with Crippen LogP contribution in [0.15, 0.2) is 24.4 Å². The fourth-order valence-electron chi connectivity index (χ4n) is 1.68. The molecule has 17 heavy (non-hydrogen) atoms. The van der Waals surface area contributed by atoms with Gasteiger partial charge in [0.2, 0.25) is 0 Å². The quantitative estimate of drug-likeness (QED) is 0.734. The molecule has 0 unspecified atom stereocenters. The maximum Gasteiger partial charge on any atom is 0.318 e. The largest absolute Gasteiger partial charge is 0.361 e. The van der Waals surface area contributed by atoms with E-state index in [4.69, 9.17) is 5.26 Å². The van der Waals surface area contributed by atoms with Crippen molar-refractivity contribution in [2.45, 2.75) is 6.42 Å². The Labute approximate surface area is 98.4 Å². The average molecular weight is 228 g/mol. The van der Waals surface area contributed by atoms with Gasteiger partial charge in [-0.3, -0.25) is 0 Å². The zero-order valence-electron chi connectivity index (χ0n) is 9.37. The van der Waals surface area contributed by atoms with E-state index < -0.39 is 0 Å². The van der Waals surface area contributed by atoms with E-state index in [1.807, 2.05) is 24.4 Å². The van der Waals surface area contributed by atoms with Crippen LogP contribution < -0.4 is 10.6 Å². The Morgan fingerprint density at radius 2 is 2.35 bits per heavy atom. The Kier molecular flexibility index (Phi) is 2.97. The predicted molar refractivity (Wildman–Crippen MR) is 65.7 cm³/mol. The van der Waals surface area contributed by atoms with Crippen LogP contribution in [0.2, 0.25) is 0 Å². The molecule has 0 spiro atoms. The highest BCUT2D eigenvalue weighted by Crippen LogP contribution is 2.22. The standard InChI is InChI=1S/C12H12N4O/c1-14-12(17)16-9-2-3-11-10(6-9)8(4-5-13)7-15-11/h2-3,6-7,15H,4H2,1H3,(H2,14,16,17). The lowest BCUT2D eigenvalue weighted by Crippen LogP contribution is -2.24. The first kappa shape index (κ1) is 11.0. The number of hydrogen-bond acceptors (Lipinski definition) is 2. The molecule has 1 heterocycles. The second-order valence-electron chi connectivity index (χ2n) is 3.61. The average Bonchev–Trinajstić information content (AvgIpc) is 2.73. The van der Waals surface area contributed by atoms with Crippen LogP contribution in [0.5, 0.6) is 0 Å². The van der Waals surface area contributed by atoms with Gasteiger partial charge in [-0.25, -0.2) is 4.79 Å². The lowest BCUT2D eigenvalue weighted by molar-refractivity contribution is 0.254. The fraction of sp³-hybridized carbons (Fsp3) is 0.167. The zero-order chi connectivity index (χ0) is 12.3. The minimum Gasteiger partial charge on any atom is -0.361 e. The number of rotatable bonds is 2. The molecule has 5 heteroatoms. The molecule has 86 valence electrons. The molecular formula is C12H12N4O. The smallest absolute Gasteiger partial charge is 0.318 e. The van der Waals surface area contributed by atoms with Crippen molar-refractivity contribution < 1.29 is 4.79 Å². The van der Waals surface area contributed by atoms with Crippen LogP contribution in [0, 0.1) is 11.3 Å². The van der Waals surface area contributed by atoms with Crippen LogP contribution in [-0.4, -0.2) is 18.1 Å². The van der Waals surface area contributed by atoms with Crippen molar-refractivity contribution in [1.82, 2.24) is 10.3 Å². The highest BCUT2D eigenvalue weighted by molar-refractivity contribution is 5.93. The van der Waals surface area contributed by atoms with E-state index in [0.717, 1.165) is 16.5 Å². The second-order valence-corrected chi connectivity index (χ2v) is 3.61. The molecule has 0 aliphatic carbocycles. The first-order chi connectivity index (χ1) is 8.24.